The lowest BCUT2D eigenvalue weighted by Crippen LogP contribution is -2.24. The number of nitrogens with one attached hydrogen (secondary N) is 2. The Morgan fingerprint density at radius 1 is 1.33 bits per heavy atom. The van der Waals surface area contributed by atoms with Crippen molar-refractivity contribution in [2.24, 2.45) is 0 Å². The van der Waals surface area contributed by atoms with Gasteiger partial charge in [-0.1, -0.05) is 17.7 Å². The summed E-state index contributed by atoms with van der Waals surface area (Å²) in [6, 6.07) is 5.20. The number of benzene rings is 1. The van der Waals surface area contributed by atoms with Gasteiger partial charge in [0, 0.05) is 17.7 Å². The van der Waals surface area contributed by atoms with E-state index >= 15 is 0 Å². The number of amides is 2. The highest BCUT2D eigenvalue weighted by Gasteiger charge is 2.07. The van der Waals surface area contributed by atoms with Gasteiger partial charge in [0.15, 0.2) is 0 Å². The molecule has 0 aliphatic rings. The third-order valence-electron chi connectivity index (χ3n) is 2.09. The summed E-state index contributed by atoms with van der Waals surface area (Å²) in [5.74, 6) is -2.26. The van der Waals surface area contributed by atoms with E-state index in [0.717, 1.165) is 23.1 Å². The summed E-state index contributed by atoms with van der Waals surface area (Å²) in [6.07, 6.45) is 1.15. The van der Waals surface area contributed by atoms with E-state index in [4.69, 9.17) is 22.5 Å². The number of urea groups is 1. The third kappa shape index (κ3) is 5.58. The van der Waals surface area contributed by atoms with Crippen LogP contribution >= 0.6 is 28.3 Å². The van der Waals surface area contributed by atoms with E-state index in [1.807, 2.05) is 32.0 Å². The van der Waals surface area contributed by atoms with E-state index in [0.29, 0.717) is 5.69 Å². The maximum absolute atomic E-state index is 11.5. The maximum Gasteiger partial charge on any atom is 0.323 e. The number of aryl methyl sites for hydroxylation is 2. The van der Waals surface area contributed by atoms with Crippen LogP contribution in [0.5, 0.6) is 0 Å². The summed E-state index contributed by atoms with van der Waals surface area (Å²) in [4.78, 5) is 11.5. The monoisotopic (exact) mass is 306 g/mol. The first kappa shape index (κ1) is 15.1. The van der Waals surface area contributed by atoms with Crippen molar-refractivity contribution in [3.05, 3.63) is 41.3 Å². The molecular weight excluding hydrogens is 294 g/mol. The van der Waals surface area contributed by atoms with Crippen molar-refractivity contribution in [1.82, 2.24) is 5.32 Å². The van der Waals surface area contributed by atoms with Gasteiger partial charge in [0.2, 0.25) is 0 Å². The second-order valence-electron chi connectivity index (χ2n) is 3.74. The third-order valence-corrected chi connectivity index (χ3v) is 3.26. The second-order valence-corrected chi connectivity index (χ2v) is 8.57. The summed E-state index contributed by atoms with van der Waals surface area (Å²) in [6.45, 7) is 3.86. The molecule has 0 spiro atoms. The highest BCUT2D eigenvalue weighted by atomic mass is 35.9. The smallest absolute Gasteiger partial charge is 0.314 e. The first-order chi connectivity index (χ1) is 8.28. The van der Waals surface area contributed by atoms with Crippen LogP contribution in [0, 0.1) is 13.8 Å². The number of halogens is 2. The predicted octanol–water partition coefficient (Wildman–Crippen LogP) is 4.57. The van der Waals surface area contributed by atoms with Gasteiger partial charge in [0.05, 0.1) is 0 Å². The summed E-state index contributed by atoms with van der Waals surface area (Å²) in [7, 11) is 0. The maximum atomic E-state index is 11.5. The molecule has 0 bridgehead atoms. The molecule has 1 aromatic rings. The Bertz CT molecular complexity index is 526. The zero-order valence-corrected chi connectivity index (χ0v) is 12.3. The van der Waals surface area contributed by atoms with Crippen LogP contribution < -0.4 is 10.6 Å². The zero-order valence-electron chi connectivity index (χ0n) is 9.91. The first-order valence-electron chi connectivity index (χ1n) is 5.09. The van der Waals surface area contributed by atoms with Crippen molar-refractivity contribution in [3.8, 4) is 0 Å². The van der Waals surface area contributed by atoms with E-state index in [2.05, 4.69) is 10.6 Å². The molecule has 7 heteroatoms. The molecule has 18 heavy (non-hydrogen) atoms. The fourth-order valence-corrected chi connectivity index (χ4v) is 1.90. The number of hydrogen-bond donors (Lipinski definition) is 2. The molecule has 0 aliphatic heterocycles. The van der Waals surface area contributed by atoms with Gasteiger partial charge >= 0.3 is 6.03 Å². The van der Waals surface area contributed by atoms with Gasteiger partial charge in [0.1, 0.15) is 0 Å². The molecular formula is C11H13Cl2N2O2P. The van der Waals surface area contributed by atoms with Gasteiger partial charge in [-0.15, -0.1) is 0 Å². The van der Waals surface area contributed by atoms with Gasteiger partial charge in [-0.05, 0) is 48.0 Å². The highest BCUT2D eigenvalue weighted by molar-refractivity contribution is 8.10. The molecule has 2 amide bonds. The molecule has 1 rings (SSSR count). The van der Waals surface area contributed by atoms with Crippen molar-refractivity contribution in [2.45, 2.75) is 13.8 Å². The quantitative estimate of drug-likeness (QED) is 0.804. The van der Waals surface area contributed by atoms with E-state index in [9.17, 15) is 9.36 Å². The number of carbonyl (C=O) groups excluding carboxylic acids is 1. The molecule has 0 saturated carbocycles. The van der Waals surface area contributed by atoms with E-state index in [-0.39, 0.29) is 0 Å². The van der Waals surface area contributed by atoms with Gasteiger partial charge in [-0.2, -0.15) is 0 Å². The van der Waals surface area contributed by atoms with E-state index in [1.54, 1.807) is 0 Å². The number of carbonyl (C=O) groups is 1. The molecule has 0 aliphatic carbocycles. The molecule has 0 fully saturated rings. The van der Waals surface area contributed by atoms with Crippen LogP contribution in [0.4, 0.5) is 10.5 Å². The van der Waals surface area contributed by atoms with Crippen LogP contribution in [-0.2, 0) is 4.57 Å². The van der Waals surface area contributed by atoms with Gasteiger partial charge in [-0.3, -0.25) is 4.57 Å². The standard InChI is InChI=1S/C11H13Cl2N2O2P/c1-8-3-4-10(9(2)7-8)15-11(16)14-5-6-18(12,13)17/h3-7H,1-2H3,(H2,14,15,16). The van der Waals surface area contributed by atoms with Gasteiger partial charge in [-0.25, -0.2) is 4.79 Å². The summed E-state index contributed by atoms with van der Waals surface area (Å²) >= 11 is 10.6. The fourth-order valence-electron chi connectivity index (χ4n) is 1.31. The summed E-state index contributed by atoms with van der Waals surface area (Å²) in [5, 5.41) is 5.00. The largest absolute Gasteiger partial charge is 0.323 e. The van der Waals surface area contributed by atoms with Crippen molar-refractivity contribution in [2.75, 3.05) is 5.32 Å². The van der Waals surface area contributed by atoms with Gasteiger partial charge < -0.3 is 10.6 Å². The van der Waals surface area contributed by atoms with Gasteiger partial charge in [0.25, 0.3) is 5.85 Å². The Labute approximate surface area is 115 Å². The predicted molar refractivity (Wildman–Crippen MR) is 76.5 cm³/mol. The van der Waals surface area contributed by atoms with Crippen molar-refractivity contribution in [1.29, 1.82) is 0 Å². The first-order valence-corrected chi connectivity index (χ1v) is 8.68. The zero-order chi connectivity index (χ0) is 13.8. The molecule has 0 aromatic heterocycles. The molecule has 0 unspecified atom stereocenters. The fraction of sp³-hybridized carbons (Fsp3) is 0.182. The van der Waals surface area contributed by atoms with Crippen LogP contribution in [0.25, 0.3) is 0 Å². The molecule has 0 atom stereocenters. The molecule has 0 radical (unpaired) electrons. The Morgan fingerprint density at radius 3 is 2.56 bits per heavy atom. The molecule has 0 heterocycles. The minimum Gasteiger partial charge on any atom is -0.314 e. The van der Waals surface area contributed by atoms with Crippen molar-refractivity contribution in [3.63, 3.8) is 0 Å². The van der Waals surface area contributed by atoms with Crippen LogP contribution in [0.2, 0.25) is 0 Å². The average Bonchev–Trinajstić information content (AvgIpc) is 2.20. The van der Waals surface area contributed by atoms with Crippen LogP contribution in [-0.4, -0.2) is 6.03 Å². The lowest BCUT2D eigenvalue weighted by atomic mass is 10.1. The Balaban J connectivity index is 2.60. The number of anilines is 1. The summed E-state index contributed by atoms with van der Waals surface area (Å²) < 4.78 is 10.9. The number of hydrogen-bond acceptors (Lipinski definition) is 2. The minimum absolute atomic E-state index is 0.458. The summed E-state index contributed by atoms with van der Waals surface area (Å²) in [5.41, 5.74) is 2.77. The molecule has 98 valence electrons. The lowest BCUT2D eigenvalue weighted by Gasteiger charge is -2.08. The van der Waals surface area contributed by atoms with Crippen molar-refractivity contribution < 1.29 is 9.36 Å². The number of rotatable bonds is 3. The average molecular weight is 307 g/mol. The lowest BCUT2D eigenvalue weighted by molar-refractivity contribution is 0.255. The van der Waals surface area contributed by atoms with Crippen LogP contribution in [0.15, 0.2) is 30.2 Å². The highest BCUT2D eigenvalue weighted by Crippen LogP contribution is 2.57. The Hall–Kier alpha value is -0.960. The minimum atomic E-state index is -3.30. The topological polar surface area (TPSA) is 58.2 Å². The SMILES string of the molecule is Cc1ccc(NC(=O)NC=CP(=O)(Cl)Cl)c(C)c1. The van der Waals surface area contributed by atoms with E-state index in [1.165, 1.54) is 0 Å². The second kappa shape index (κ2) is 6.28. The van der Waals surface area contributed by atoms with Crippen molar-refractivity contribution >= 4 is 40.0 Å². The molecule has 0 saturated heterocycles. The normalized spacial score (nSPS) is 11.6. The Kier molecular flexibility index (Phi) is 5.27. The van der Waals surface area contributed by atoms with Crippen LogP contribution in [0.3, 0.4) is 0 Å². The Morgan fingerprint density at radius 2 is 2.00 bits per heavy atom. The van der Waals surface area contributed by atoms with E-state index < -0.39 is 11.9 Å². The molecule has 1 aromatic carbocycles. The molecule has 4 nitrogen and oxygen atoms in total. The van der Waals surface area contributed by atoms with Crippen LogP contribution in [0.1, 0.15) is 11.1 Å². The molecule has 2 N–H and O–H groups in total.